The first kappa shape index (κ1) is 10.6. The molecular weight excluding hydrogens is 202 g/mol. The molecule has 16 heavy (non-hydrogen) atoms. The van der Waals surface area contributed by atoms with Crippen molar-refractivity contribution in [3.8, 4) is 0 Å². The topological polar surface area (TPSA) is 52.3 Å². The zero-order chi connectivity index (χ0) is 11.5. The number of methoxy groups -OCH3 is 1. The summed E-state index contributed by atoms with van der Waals surface area (Å²) in [5.74, 6) is -0.421. The highest BCUT2D eigenvalue weighted by Crippen LogP contribution is 2.19. The predicted molar refractivity (Wildman–Crippen MR) is 62.9 cm³/mol. The summed E-state index contributed by atoms with van der Waals surface area (Å²) in [5, 5.41) is 2.20. The van der Waals surface area contributed by atoms with Gasteiger partial charge in [0.25, 0.3) is 0 Å². The summed E-state index contributed by atoms with van der Waals surface area (Å²) >= 11 is 0. The third-order valence-electron chi connectivity index (χ3n) is 2.59. The van der Waals surface area contributed by atoms with Crippen LogP contribution in [0.2, 0.25) is 0 Å². The van der Waals surface area contributed by atoms with E-state index < -0.39 is 12.0 Å². The monoisotopic (exact) mass is 215 g/mol. The number of hydrogen-bond donors (Lipinski definition) is 1. The number of carbonyl (C=O) groups is 1. The third kappa shape index (κ3) is 1.90. The Hall–Kier alpha value is -1.87. The number of hydrogen-bond acceptors (Lipinski definition) is 3. The van der Waals surface area contributed by atoms with Crippen LogP contribution in [0.15, 0.2) is 42.5 Å². The molecule has 0 saturated heterocycles. The second-order valence-corrected chi connectivity index (χ2v) is 3.61. The van der Waals surface area contributed by atoms with Crippen molar-refractivity contribution in [1.82, 2.24) is 0 Å². The number of nitrogens with two attached hydrogens (primary N) is 1. The Kier molecular flexibility index (Phi) is 2.88. The molecule has 0 spiro atoms. The van der Waals surface area contributed by atoms with Gasteiger partial charge < -0.3 is 10.5 Å². The van der Waals surface area contributed by atoms with Crippen LogP contribution in [0, 0.1) is 0 Å². The van der Waals surface area contributed by atoms with Crippen LogP contribution >= 0.6 is 0 Å². The molecule has 0 aromatic heterocycles. The minimum atomic E-state index is -0.713. The third-order valence-corrected chi connectivity index (χ3v) is 2.59. The van der Waals surface area contributed by atoms with Crippen molar-refractivity contribution >= 4 is 16.7 Å². The summed E-state index contributed by atoms with van der Waals surface area (Å²) in [6.07, 6.45) is 0. The van der Waals surface area contributed by atoms with Crippen LogP contribution < -0.4 is 5.73 Å². The average Bonchev–Trinajstić information content (AvgIpc) is 2.36. The molecule has 0 aliphatic rings. The maximum Gasteiger partial charge on any atom is 0.327 e. The summed E-state index contributed by atoms with van der Waals surface area (Å²) < 4.78 is 4.61. The van der Waals surface area contributed by atoms with Gasteiger partial charge in [0.2, 0.25) is 0 Å². The Morgan fingerprint density at radius 2 is 1.88 bits per heavy atom. The molecule has 2 aromatic rings. The lowest BCUT2D eigenvalue weighted by Gasteiger charge is -2.10. The van der Waals surface area contributed by atoms with Gasteiger partial charge in [-0.3, -0.25) is 4.79 Å². The minimum absolute atomic E-state index is 0.421. The molecule has 3 nitrogen and oxygen atoms in total. The molecule has 0 aliphatic carbocycles. The zero-order valence-corrected chi connectivity index (χ0v) is 9.01. The molecule has 0 amide bonds. The standard InChI is InChI=1S/C13H13NO2/c1-16-13(15)12(14)11-7-6-9-4-2-3-5-10(9)8-11/h2-8,12H,14H2,1H3/t12-/m1/s1. The van der Waals surface area contributed by atoms with E-state index in [0.717, 1.165) is 16.3 Å². The molecule has 3 heteroatoms. The van der Waals surface area contributed by atoms with Crippen LogP contribution in [0.4, 0.5) is 0 Å². The lowest BCUT2D eigenvalue weighted by atomic mass is 10.0. The largest absolute Gasteiger partial charge is 0.468 e. The normalized spacial score (nSPS) is 12.4. The summed E-state index contributed by atoms with van der Waals surface area (Å²) in [5.41, 5.74) is 6.53. The molecule has 0 aliphatic heterocycles. The van der Waals surface area contributed by atoms with Crippen LogP contribution in [-0.4, -0.2) is 13.1 Å². The number of rotatable bonds is 2. The van der Waals surface area contributed by atoms with Gasteiger partial charge in [0.1, 0.15) is 6.04 Å². The molecule has 0 unspecified atom stereocenters. The van der Waals surface area contributed by atoms with E-state index >= 15 is 0 Å². The van der Waals surface area contributed by atoms with Gasteiger partial charge in [-0.15, -0.1) is 0 Å². The van der Waals surface area contributed by atoms with Crippen molar-refractivity contribution in [3.63, 3.8) is 0 Å². The van der Waals surface area contributed by atoms with E-state index in [1.54, 1.807) is 0 Å². The van der Waals surface area contributed by atoms with Gasteiger partial charge in [-0.05, 0) is 22.4 Å². The molecule has 2 N–H and O–H groups in total. The van der Waals surface area contributed by atoms with Crippen molar-refractivity contribution < 1.29 is 9.53 Å². The van der Waals surface area contributed by atoms with Gasteiger partial charge in [0.05, 0.1) is 7.11 Å². The minimum Gasteiger partial charge on any atom is -0.468 e. The predicted octanol–water partition coefficient (Wildman–Crippen LogP) is 2.01. The average molecular weight is 215 g/mol. The molecular formula is C13H13NO2. The highest BCUT2D eigenvalue weighted by Gasteiger charge is 2.15. The van der Waals surface area contributed by atoms with Gasteiger partial charge in [-0.2, -0.15) is 0 Å². The number of ether oxygens (including phenoxy) is 1. The van der Waals surface area contributed by atoms with Gasteiger partial charge >= 0.3 is 5.97 Å². The van der Waals surface area contributed by atoms with Gasteiger partial charge in [0, 0.05) is 0 Å². The first-order chi connectivity index (χ1) is 7.72. The molecule has 2 rings (SSSR count). The maximum atomic E-state index is 11.3. The Balaban J connectivity index is 2.43. The number of esters is 1. The van der Waals surface area contributed by atoms with Crippen LogP contribution in [0.3, 0.4) is 0 Å². The smallest absolute Gasteiger partial charge is 0.327 e. The van der Waals surface area contributed by atoms with Crippen molar-refractivity contribution in [2.75, 3.05) is 7.11 Å². The van der Waals surface area contributed by atoms with Crippen molar-refractivity contribution in [2.24, 2.45) is 5.73 Å². The van der Waals surface area contributed by atoms with E-state index in [1.807, 2.05) is 42.5 Å². The Morgan fingerprint density at radius 3 is 2.56 bits per heavy atom. The van der Waals surface area contributed by atoms with Crippen LogP contribution in [0.25, 0.3) is 10.8 Å². The number of benzene rings is 2. The van der Waals surface area contributed by atoms with Gasteiger partial charge in [-0.1, -0.05) is 36.4 Å². The fourth-order valence-corrected chi connectivity index (χ4v) is 1.66. The molecule has 0 saturated carbocycles. The van der Waals surface area contributed by atoms with E-state index in [1.165, 1.54) is 7.11 Å². The van der Waals surface area contributed by atoms with E-state index in [0.29, 0.717) is 0 Å². The lowest BCUT2D eigenvalue weighted by Crippen LogP contribution is -2.22. The summed E-state index contributed by atoms with van der Waals surface area (Å²) in [4.78, 5) is 11.3. The summed E-state index contributed by atoms with van der Waals surface area (Å²) in [6, 6.07) is 12.9. The SMILES string of the molecule is COC(=O)[C@H](N)c1ccc2ccccc2c1. The Labute approximate surface area is 93.8 Å². The molecule has 0 heterocycles. The summed E-state index contributed by atoms with van der Waals surface area (Å²) in [6.45, 7) is 0. The highest BCUT2D eigenvalue weighted by molar-refractivity contribution is 5.85. The second-order valence-electron chi connectivity index (χ2n) is 3.61. The molecule has 0 radical (unpaired) electrons. The fourth-order valence-electron chi connectivity index (χ4n) is 1.66. The van der Waals surface area contributed by atoms with Crippen LogP contribution in [0.1, 0.15) is 11.6 Å². The van der Waals surface area contributed by atoms with Crippen LogP contribution in [0.5, 0.6) is 0 Å². The number of fused-ring (bicyclic) bond motifs is 1. The van der Waals surface area contributed by atoms with E-state index in [-0.39, 0.29) is 0 Å². The zero-order valence-electron chi connectivity index (χ0n) is 9.01. The number of carbonyl (C=O) groups excluding carboxylic acids is 1. The fraction of sp³-hybridized carbons (Fsp3) is 0.154. The first-order valence-electron chi connectivity index (χ1n) is 5.04. The highest BCUT2D eigenvalue weighted by atomic mass is 16.5. The first-order valence-corrected chi connectivity index (χ1v) is 5.04. The second kappa shape index (κ2) is 4.33. The van der Waals surface area contributed by atoms with E-state index in [9.17, 15) is 4.79 Å². The quantitative estimate of drug-likeness (QED) is 0.780. The van der Waals surface area contributed by atoms with Crippen molar-refractivity contribution in [1.29, 1.82) is 0 Å². The molecule has 2 aromatic carbocycles. The van der Waals surface area contributed by atoms with Gasteiger partial charge in [-0.25, -0.2) is 0 Å². The molecule has 0 fully saturated rings. The molecule has 1 atom stereocenters. The van der Waals surface area contributed by atoms with Crippen molar-refractivity contribution in [2.45, 2.75) is 6.04 Å². The molecule has 0 bridgehead atoms. The van der Waals surface area contributed by atoms with E-state index in [2.05, 4.69) is 4.74 Å². The lowest BCUT2D eigenvalue weighted by molar-refractivity contribution is -0.142. The Morgan fingerprint density at radius 1 is 1.19 bits per heavy atom. The van der Waals surface area contributed by atoms with Crippen LogP contribution in [-0.2, 0) is 9.53 Å². The summed E-state index contributed by atoms with van der Waals surface area (Å²) in [7, 11) is 1.34. The van der Waals surface area contributed by atoms with Crippen molar-refractivity contribution in [3.05, 3.63) is 48.0 Å². The maximum absolute atomic E-state index is 11.3. The molecule has 82 valence electrons. The Bertz CT molecular complexity index is 522. The van der Waals surface area contributed by atoms with E-state index in [4.69, 9.17) is 5.73 Å². The van der Waals surface area contributed by atoms with Gasteiger partial charge in [0.15, 0.2) is 0 Å².